The topological polar surface area (TPSA) is 119 Å². The number of unbranched alkanes of at least 4 members (excludes halogenated alkanes) is 3. The number of rotatable bonds is 16. The minimum atomic E-state index is -0.291. The SMILES string of the molecule is CCCCN=c1cc2c(=O)n(CC(CC)CCCC)c(=O)c3ccc4c(c3-2)c1c1ccc2c(=O)n(CC(CC)CCCC)c(O)c3cc(C#Cc5ccc(-c6ccccn6)nc5)c4c1c32. The first-order valence-corrected chi connectivity index (χ1v) is 23.8. The van der Waals surface area contributed by atoms with Gasteiger partial charge in [0.25, 0.3) is 16.7 Å². The van der Waals surface area contributed by atoms with Crippen molar-refractivity contribution in [2.45, 2.75) is 112 Å². The molecule has 0 amide bonds. The lowest BCUT2D eigenvalue weighted by Gasteiger charge is -2.24. The van der Waals surface area contributed by atoms with Crippen LogP contribution in [0, 0.1) is 23.7 Å². The average molecular weight is 864 g/mol. The fraction of sp³-hybridized carbons (Fsp3) is 0.357. The number of aromatic nitrogens is 4. The molecule has 0 saturated carbocycles. The summed E-state index contributed by atoms with van der Waals surface area (Å²) < 4.78 is 3.02. The highest BCUT2D eigenvalue weighted by molar-refractivity contribution is 6.38. The molecule has 9 nitrogen and oxygen atoms in total. The van der Waals surface area contributed by atoms with Crippen molar-refractivity contribution in [1.82, 2.24) is 19.1 Å². The van der Waals surface area contributed by atoms with Gasteiger partial charge in [0.2, 0.25) is 5.88 Å². The lowest BCUT2D eigenvalue weighted by atomic mass is 9.82. The molecule has 4 aromatic carbocycles. The summed E-state index contributed by atoms with van der Waals surface area (Å²) in [6.07, 6.45) is 13.2. The van der Waals surface area contributed by atoms with Crippen LogP contribution in [0.1, 0.15) is 110 Å². The predicted molar refractivity (Wildman–Crippen MR) is 266 cm³/mol. The maximum atomic E-state index is 14.8. The first-order chi connectivity index (χ1) is 31.7. The molecule has 9 heteroatoms. The molecule has 0 bridgehead atoms. The molecule has 1 aliphatic carbocycles. The van der Waals surface area contributed by atoms with Gasteiger partial charge >= 0.3 is 0 Å². The molecule has 2 atom stereocenters. The van der Waals surface area contributed by atoms with Crippen LogP contribution >= 0.6 is 0 Å². The molecular weight excluding hydrogens is 807 g/mol. The molecule has 0 spiro atoms. The summed E-state index contributed by atoms with van der Waals surface area (Å²) in [6, 6.07) is 21.1. The van der Waals surface area contributed by atoms with Gasteiger partial charge < -0.3 is 5.11 Å². The Morgan fingerprint density at radius 3 is 1.94 bits per heavy atom. The van der Waals surface area contributed by atoms with Gasteiger partial charge in [0.15, 0.2) is 0 Å². The van der Waals surface area contributed by atoms with Gasteiger partial charge in [-0.05, 0) is 90.4 Å². The predicted octanol–water partition coefficient (Wildman–Crippen LogP) is 11.3. The lowest BCUT2D eigenvalue weighted by Crippen LogP contribution is -2.37. The first-order valence-electron chi connectivity index (χ1n) is 23.8. The Labute approximate surface area is 378 Å². The Kier molecular flexibility index (Phi) is 12.4. The molecule has 65 heavy (non-hydrogen) atoms. The van der Waals surface area contributed by atoms with E-state index in [1.165, 1.54) is 4.57 Å². The van der Waals surface area contributed by atoms with Crippen molar-refractivity contribution in [1.29, 1.82) is 0 Å². The maximum absolute atomic E-state index is 14.8. The van der Waals surface area contributed by atoms with E-state index in [9.17, 15) is 19.5 Å². The van der Waals surface area contributed by atoms with E-state index in [0.717, 1.165) is 108 Å². The lowest BCUT2D eigenvalue weighted by molar-refractivity contribution is 0.344. The van der Waals surface area contributed by atoms with Crippen molar-refractivity contribution in [2.75, 3.05) is 6.54 Å². The molecule has 2 aliphatic rings. The number of benzene rings is 5. The molecule has 9 rings (SSSR count). The number of aromatic hydroxyl groups is 1. The van der Waals surface area contributed by atoms with Crippen molar-refractivity contribution >= 4 is 53.9 Å². The van der Waals surface area contributed by atoms with Crippen molar-refractivity contribution in [3.05, 3.63) is 127 Å². The van der Waals surface area contributed by atoms with Crippen molar-refractivity contribution in [3.63, 3.8) is 0 Å². The zero-order chi connectivity index (χ0) is 45.4. The molecule has 0 radical (unpaired) electrons. The molecule has 330 valence electrons. The van der Waals surface area contributed by atoms with Crippen molar-refractivity contribution in [2.24, 2.45) is 16.8 Å². The molecule has 2 unspecified atom stereocenters. The van der Waals surface area contributed by atoms with E-state index in [4.69, 9.17) is 4.99 Å². The Morgan fingerprint density at radius 2 is 1.28 bits per heavy atom. The molecule has 3 aromatic heterocycles. The number of fused-ring (bicyclic) bond motifs is 2. The fourth-order valence-corrected chi connectivity index (χ4v) is 10.1. The summed E-state index contributed by atoms with van der Waals surface area (Å²) in [5.74, 6) is 7.22. The zero-order valence-electron chi connectivity index (χ0n) is 38.3. The summed E-state index contributed by atoms with van der Waals surface area (Å²) in [5, 5.41) is 20.1. The summed E-state index contributed by atoms with van der Waals surface area (Å²) in [5.41, 5.74) is 3.14. The Hall–Kier alpha value is -6.66. The summed E-state index contributed by atoms with van der Waals surface area (Å²) in [7, 11) is 0. The van der Waals surface area contributed by atoms with E-state index >= 15 is 0 Å². The number of hydrogen-bond donors (Lipinski definition) is 1. The molecular formula is C56H57N5O4. The maximum Gasteiger partial charge on any atom is 0.261 e. The molecule has 1 N–H and O–H groups in total. The van der Waals surface area contributed by atoms with E-state index in [-0.39, 0.29) is 34.4 Å². The van der Waals surface area contributed by atoms with Crippen LogP contribution < -0.4 is 22.0 Å². The number of pyridine rings is 4. The minimum absolute atomic E-state index is 0.0740. The molecule has 4 heterocycles. The zero-order valence-corrected chi connectivity index (χ0v) is 38.3. The van der Waals surface area contributed by atoms with Crippen LogP contribution in [0.3, 0.4) is 0 Å². The van der Waals surface area contributed by atoms with E-state index in [2.05, 4.69) is 56.4 Å². The van der Waals surface area contributed by atoms with E-state index in [0.29, 0.717) is 68.8 Å². The summed E-state index contributed by atoms with van der Waals surface area (Å²) in [6.45, 7) is 12.1. The van der Waals surface area contributed by atoms with E-state index in [1.807, 2.05) is 66.7 Å². The van der Waals surface area contributed by atoms with Gasteiger partial charge in [0, 0.05) is 91.8 Å². The molecule has 0 fully saturated rings. The van der Waals surface area contributed by atoms with Crippen LogP contribution in [0.15, 0.2) is 98.5 Å². The van der Waals surface area contributed by atoms with Crippen molar-refractivity contribution in [3.8, 4) is 40.2 Å². The van der Waals surface area contributed by atoms with Crippen LogP contribution in [0.25, 0.3) is 76.4 Å². The highest BCUT2D eigenvalue weighted by atomic mass is 16.3. The van der Waals surface area contributed by atoms with Gasteiger partial charge in [-0.3, -0.25) is 38.5 Å². The van der Waals surface area contributed by atoms with Gasteiger partial charge in [0.05, 0.1) is 22.3 Å². The smallest absolute Gasteiger partial charge is 0.261 e. The standard InChI is InChI=1S/C56H57N5O4/c1-6-11-16-34(9-4)32-60-53(62)40-25-23-39-50-46(58-27-13-8-3)30-43-49-41(54(63)61(56(43)65)33-35(10-5)17-12-7-2)24-22-38(52(49)50)47-37(29-42(55(60)64)48(40)51(39)47)21-19-36-20-26-45(59-31-36)44-18-14-15-28-57-44/h14-15,18,20,22-26,28-31,34-35,64H,6-13,16-17,27,32-33H2,1-5H3. The van der Waals surface area contributed by atoms with E-state index < -0.39 is 0 Å². The summed E-state index contributed by atoms with van der Waals surface area (Å²) in [4.78, 5) is 58.4. The van der Waals surface area contributed by atoms with Crippen LogP contribution in [0.2, 0.25) is 0 Å². The highest BCUT2D eigenvalue weighted by Gasteiger charge is 2.29. The Balaban J connectivity index is 1.39. The summed E-state index contributed by atoms with van der Waals surface area (Å²) >= 11 is 0. The monoisotopic (exact) mass is 863 g/mol. The molecule has 1 aliphatic heterocycles. The third-order valence-electron chi connectivity index (χ3n) is 13.8. The third kappa shape index (κ3) is 7.67. The quantitative estimate of drug-likeness (QED) is 0.0447. The average Bonchev–Trinajstić information content (AvgIpc) is 3.34. The third-order valence-corrected chi connectivity index (χ3v) is 13.8. The Bertz CT molecular complexity index is 3450. The molecule has 7 aromatic rings. The van der Waals surface area contributed by atoms with Crippen molar-refractivity contribution < 1.29 is 5.11 Å². The Morgan fingerprint density at radius 1 is 0.615 bits per heavy atom. The first kappa shape index (κ1) is 43.6. The van der Waals surface area contributed by atoms with Crippen LogP contribution in [0.4, 0.5) is 0 Å². The van der Waals surface area contributed by atoms with Crippen LogP contribution in [-0.2, 0) is 13.1 Å². The van der Waals surface area contributed by atoms with Crippen LogP contribution in [-0.4, -0.2) is 30.8 Å². The van der Waals surface area contributed by atoms with Crippen LogP contribution in [0.5, 0.6) is 5.88 Å². The second-order valence-electron chi connectivity index (χ2n) is 17.9. The van der Waals surface area contributed by atoms with Gasteiger partial charge in [-0.15, -0.1) is 0 Å². The van der Waals surface area contributed by atoms with Gasteiger partial charge in [-0.2, -0.15) is 0 Å². The van der Waals surface area contributed by atoms with Gasteiger partial charge in [-0.25, -0.2) is 0 Å². The normalized spacial score (nSPS) is 13.3. The van der Waals surface area contributed by atoms with Gasteiger partial charge in [0.1, 0.15) is 0 Å². The minimum Gasteiger partial charge on any atom is -0.494 e. The molecule has 0 saturated heterocycles. The number of hydrogen-bond acceptors (Lipinski definition) is 7. The van der Waals surface area contributed by atoms with E-state index in [1.54, 1.807) is 17.0 Å². The second-order valence-corrected chi connectivity index (χ2v) is 17.9. The second kappa shape index (κ2) is 18.4. The number of nitrogens with zero attached hydrogens (tertiary/aromatic N) is 5. The highest BCUT2D eigenvalue weighted by Crippen LogP contribution is 2.47. The largest absolute Gasteiger partial charge is 0.494 e. The fourth-order valence-electron chi connectivity index (χ4n) is 10.1. The van der Waals surface area contributed by atoms with Gasteiger partial charge in [-0.1, -0.05) is 110 Å².